The zero-order valence-electron chi connectivity index (χ0n) is 7.08. The average molecular weight is 189 g/mol. The van der Waals surface area contributed by atoms with Gasteiger partial charge < -0.3 is 10.4 Å². The second kappa shape index (κ2) is 8.62. The van der Waals surface area contributed by atoms with Crippen molar-refractivity contribution in [1.82, 2.24) is 5.32 Å². The van der Waals surface area contributed by atoms with Gasteiger partial charge in [0, 0.05) is 18.9 Å². The lowest BCUT2D eigenvalue weighted by atomic mass is 10.5. The predicted octanol–water partition coefficient (Wildman–Crippen LogP) is 0.404. The van der Waals surface area contributed by atoms with Crippen LogP contribution in [0.3, 0.4) is 0 Å². The lowest BCUT2D eigenvalue weighted by Gasteiger charge is -2.00. The summed E-state index contributed by atoms with van der Waals surface area (Å²) >= 11 is 1.72. The van der Waals surface area contributed by atoms with Gasteiger partial charge in [0.25, 0.3) is 0 Å². The van der Waals surface area contributed by atoms with E-state index in [0.29, 0.717) is 6.54 Å². The van der Waals surface area contributed by atoms with Crippen LogP contribution in [0.1, 0.15) is 6.42 Å². The van der Waals surface area contributed by atoms with E-state index >= 15 is 0 Å². The van der Waals surface area contributed by atoms with Gasteiger partial charge in [0.1, 0.15) is 0 Å². The van der Waals surface area contributed by atoms with E-state index in [0.717, 1.165) is 17.9 Å². The Bertz CT molecular complexity index is 139. The minimum absolute atomic E-state index is 0.127. The predicted molar refractivity (Wildman–Crippen MR) is 52.2 cm³/mol. The molecule has 4 heteroatoms. The zero-order chi connectivity index (χ0) is 9.23. The van der Waals surface area contributed by atoms with Gasteiger partial charge >= 0.3 is 0 Å². The highest BCUT2D eigenvalue weighted by atomic mass is 32.2. The quantitative estimate of drug-likeness (QED) is 0.450. The van der Waals surface area contributed by atoms with Crippen molar-refractivity contribution < 1.29 is 9.90 Å². The number of aliphatic hydroxyl groups is 1. The molecular formula is C8H15NO2S. The van der Waals surface area contributed by atoms with Gasteiger partial charge in [-0.3, -0.25) is 4.79 Å². The monoisotopic (exact) mass is 189 g/mol. The molecule has 0 saturated heterocycles. The molecule has 12 heavy (non-hydrogen) atoms. The minimum Gasteiger partial charge on any atom is -0.396 e. The first-order valence-electron chi connectivity index (χ1n) is 3.90. The summed E-state index contributed by atoms with van der Waals surface area (Å²) in [4.78, 5) is 10.6. The Morgan fingerprint density at radius 3 is 2.92 bits per heavy atom. The Morgan fingerprint density at radius 1 is 1.58 bits per heavy atom. The van der Waals surface area contributed by atoms with Gasteiger partial charge in [-0.2, -0.15) is 11.8 Å². The van der Waals surface area contributed by atoms with Crippen molar-refractivity contribution in [2.24, 2.45) is 0 Å². The van der Waals surface area contributed by atoms with Crippen LogP contribution < -0.4 is 5.32 Å². The van der Waals surface area contributed by atoms with Crippen LogP contribution in [0.4, 0.5) is 0 Å². The lowest BCUT2D eigenvalue weighted by molar-refractivity contribution is -0.116. The number of rotatable bonds is 7. The van der Waals surface area contributed by atoms with Crippen molar-refractivity contribution in [1.29, 1.82) is 0 Å². The third kappa shape index (κ3) is 7.63. The maximum Gasteiger partial charge on any atom is 0.243 e. The van der Waals surface area contributed by atoms with Crippen molar-refractivity contribution in [3.8, 4) is 0 Å². The molecule has 0 aliphatic rings. The van der Waals surface area contributed by atoms with Crippen molar-refractivity contribution in [2.45, 2.75) is 6.42 Å². The van der Waals surface area contributed by atoms with Crippen molar-refractivity contribution in [3.63, 3.8) is 0 Å². The number of carbonyl (C=O) groups excluding carboxylic acids is 1. The Labute approximate surface area is 77.2 Å². The van der Waals surface area contributed by atoms with Gasteiger partial charge in [0.2, 0.25) is 5.91 Å². The molecule has 3 nitrogen and oxygen atoms in total. The van der Waals surface area contributed by atoms with E-state index in [1.807, 2.05) is 0 Å². The van der Waals surface area contributed by atoms with Crippen LogP contribution in [0, 0.1) is 0 Å². The van der Waals surface area contributed by atoms with Gasteiger partial charge in [0.05, 0.1) is 0 Å². The smallest absolute Gasteiger partial charge is 0.243 e. The molecule has 0 aliphatic heterocycles. The number of carbonyl (C=O) groups is 1. The molecule has 0 spiro atoms. The summed E-state index contributed by atoms with van der Waals surface area (Å²) in [5.41, 5.74) is 0. The minimum atomic E-state index is -0.127. The molecule has 70 valence electrons. The fourth-order valence-electron chi connectivity index (χ4n) is 0.587. The third-order valence-electron chi connectivity index (χ3n) is 1.18. The number of thioether (sulfide) groups is 1. The largest absolute Gasteiger partial charge is 0.396 e. The Balaban J connectivity index is 3.00. The second-order valence-corrected chi connectivity index (χ2v) is 3.41. The Hall–Kier alpha value is -0.480. The fraction of sp³-hybridized carbons (Fsp3) is 0.625. The van der Waals surface area contributed by atoms with E-state index in [2.05, 4.69) is 11.9 Å². The first-order chi connectivity index (χ1) is 5.81. The van der Waals surface area contributed by atoms with Crippen LogP contribution >= 0.6 is 11.8 Å². The number of amides is 1. The van der Waals surface area contributed by atoms with Crippen LogP contribution in [-0.4, -0.2) is 35.7 Å². The average Bonchev–Trinajstić information content (AvgIpc) is 2.10. The molecule has 0 bridgehead atoms. The maximum absolute atomic E-state index is 10.6. The topological polar surface area (TPSA) is 49.3 Å². The molecule has 0 rings (SSSR count). The van der Waals surface area contributed by atoms with E-state index < -0.39 is 0 Å². The number of nitrogens with one attached hydrogen (secondary N) is 1. The summed E-state index contributed by atoms with van der Waals surface area (Å²) in [6.07, 6.45) is 2.08. The van der Waals surface area contributed by atoms with Crippen LogP contribution in [0.15, 0.2) is 12.7 Å². The van der Waals surface area contributed by atoms with E-state index in [4.69, 9.17) is 5.11 Å². The van der Waals surface area contributed by atoms with Gasteiger partial charge in [-0.1, -0.05) is 6.58 Å². The lowest BCUT2D eigenvalue weighted by Crippen LogP contribution is -2.23. The summed E-state index contributed by atoms with van der Waals surface area (Å²) in [6, 6.07) is 0. The molecule has 0 aromatic rings. The van der Waals surface area contributed by atoms with Crippen LogP contribution in [0.25, 0.3) is 0 Å². The number of aliphatic hydroxyl groups excluding tert-OH is 1. The molecule has 0 aromatic heterocycles. The van der Waals surface area contributed by atoms with E-state index in [-0.39, 0.29) is 12.5 Å². The van der Waals surface area contributed by atoms with Gasteiger partial charge in [-0.25, -0.2) is 0 Å². The molecule has 0 heterocycles. The van der Waals surface area contributed by atoms with Gasteiger partial charge in [-0.05, 0) is 18.2 Å². The number of hydrogen-bond acceptors (Lipinski definition) is 3. The molecule has 0 unspecified atom stereocenters. The summed E-state index contributed by atoms with van der Waals surface area (Å²) < 4.78 is 0. The van der Waals surface area contributed by atoms with E-state index in [9.17, 15) is 4.79 Å². The van der Waals surface area contributed by atoms with Gasteiger partial charge in [-0.15, -0.1) is 0 Å². The molecule has 1 amide bonds. The van der Waals surface area contributed by atoms with Crippen molar-refractivity contribution in [2.75, 3.05) is 24.7 Å². The molecule has 2 N–H and O–H groups in total. The van der Waals surface area contributed by atoms with E-state index in [1.54, 1.807) is 11.8 Å². The molecular weight excluding hydrogens is 174 g/mol. The summed E-state index contributed by atoms with van der Waals surface area (Å²) in [7, 11) is 0. The fourth-order valence-corrected chi connectivity index (χ4v) is 1.37. The first kappa shape index (κ1) is 11.5. The zero-order valence-corrected chi connectivity index (χ0v) is 7.90. The van der Waals surface area contributed by atoms with E-state index in [1.165, 1.54) is 6.08 Å². The summed E-state index contributed by atoms with van der Waals surface area (Å²) in [5.74, 6) is 1.71. The molecule has 0 aromatic carbocycles. The molecule has 0 saturated carbocycles. The highest BCUT2D eigenvalue weighted by molar-refractivity contribution is 7.99. The first-order valence-corrected chi connectivity index (χ1v) is 5.05. The SMILES string of the molecule is C=CC(=O)NCCSCCCO. The Morgan fingerprint density at radius 2 is 2.33 bits per heavy atom. The standard InChI is InChI=1S/C8H15NO2S/c1-2-8(11)9-4-7-12-6-3-5-10/h2,10H,1,3-7H2,(H,9,11). The summed E-state index contributed by atoms with van der Waals surface area (Å²) in [6.45, 7) is 4.25. The second-order valence-electron chi connectivity index (χ2n) is 2.18. The summed E-state index contributed by atoms with van der Waals surface area (Å²) in [5, 5.41) is 11.1. The normalized spacial score (nSPS) is 9.42. The Kier molecular flexibility index (Phi) is 8.27. The third-order valence-corrected chi connectivity index (χ3v) is 2.25. The molecule has 0 fully saturated rings. The molecule has 0 radical (unpaired) electrons. The van der Waals surface area contributed by atoms with Crippen LogP contribution in [0.5, 0.6) is 0 Å². The van der Waals surface area contributed by atoms with Gasteiger partial charge in [0.15, 0.2) is 0 Å². The molecule has 0 aliphatic carbocycles. The van der Waals surface area contributed by atoms with Crippen molar-refractivity contribution in [3.05, 3.63) is 12.7 Å². The maximum atomic E-state index is 10.6. The molecule has 0 atom stereocenters. The highest BCUT2D eigenvalue weighted by Crippen LogP contribution is 1.99. The van der Waals surface area contributed by atoms with Crippen LogP contribution in [-0.2, 0) is 4.79 Å². The number of hydrogen-bond donors (Lipinski definition) is 2. The van der Waals surface area contributed by atoms with Crippen LogP contribution in [0.2, 0.25) is 0 Å². The highest BCUT2D eigenvalue weighted by Gasteiger charge is 1.92. The van der Waals surface area contributed by atoms with Crippen molar-refractivity contribution >= 4 is 17.7 Å².